The van der Waals surface area contributed by atoms with Crippen LogP contribution in [0.4, 0.5) is 48.3 Å². The van der Waals surface area contributed by atoms with Crippen LogP contribution in [0.15, 0.2) is 0 Å². The molecule has 0 rings (SSSR count). The molecule has 12 heteroatoms. The lowest BCUT2D eigenvalue weighted by Crippen LogP contribution is -2.69. The van der Waals surface area contributed by atoms with E-state index in [4.69, 9.17) is 0 Å². The Morgan fingerprint density at radius 1 is 0.542 bits per heavy atom. The Labute approximate surface area is 131 Å². The van der Waals surface area contributed by atoms with Crippen LogP contribution in [0, 0.1) is 0 Å². The molecular weight excluding hydrogens is 367 g/mol. The largest absolute Gasteiger partial charge is 0.460 e. The van der Waals surface area contributed by atoms with Gasteiger partial charge in [0.25, 0.3) is 0 Å². The van der Waals surface area contributed by atoms with E-state index in [1.165, 1.54) is 20.8 Å². The zero-order chi connectivity index (χ0) is 19.8. The molecule has 0 aromatic carbocycles. The lowest BCUT2D eigenvalue weighted by atomic mass is 9.97. The molecule has 24 heavy (non-hydrogen) atoms. The zero-order valence-electron chi connectivity index (χ0n) is 12.9. The van der Waals surface area contributed by atoms with Gasteiger partial charge in [-0.2, -0.15) is 48.3 Å². The molecule has 0 spiro atoms. The summed E-state index contributed by atoms with van der Waals surface area (Å²) in [5.41, 5.74) is 0. The molecule has 0 unspecified atom stereocenters. The lowest BCUT2D eigenvalue weighted by Gasteiger charge is -2.42. The maximum absolute atomic E-state index is 13.7. The molecule has 1 nitrogen and oxygen atoms in total. The number of hydrogen-bond acceptors (Lipinski definition) is 0. The molecule has 0 aliphatic rings. The normalized spacial score (nSPS) is 15.8. The van der Waals surface area contributed by atoms with Crippen molar-refractivity contribution in [3.8, 4) is 0 Å². The first-order chi connectivity index (χ1) is 10.4. The number of hydrogen-bond donors (Lipinski definition) is 0. The number of halogens is 11. The van der Waals surface area contributed by atoms with Crippen LogP contribution in [0.3, 0.4) is 0 Å². The van der Waals surface area contributed by atoms with E-state index >= 15 is 0 Å². The summed E-state index contributed by atoms with van der Waals surface area (Å²) in [6, 6.07) is 0. The molecule has 0 aliphatic carbocycles. The Bertz CT molecular complexity index is 415. The fourth-order valence-electron chi connectivity index (χ4n) is 2.13. The van der Waals surface area contributed by atoms with Crippen LogP contribution in [-0.4, -0.2) is 60.5 Å². The van der Waals surface area contributed by atoms with Crippen molar-refractivity contribution >= 4 is 0 Å². The molecule has 0 radical (unpaired) electrons. The van der Waals surface area contributed by atoms with Gasteiger partial charge in [0.05, 0.1) is 19.6 Å². The molecule has 0 aliphatic heterocycles. The van der Waals surface area contributed by atoms with E-state index in [0.717, 1.165) is 0 Å². The van der Waals surface area contributed by atoms with Crippen molar-refractivity contribution in [2.24, 2.45) is 0 Å². The minimum Gasteiger partial charge on any atom is -0.319 e. The van der Waals surface area contributed by atoms with Crippen molar-refractivity contribution in [1.29, 1.82) is 0 Å². The van der Waals surface area contributed by atoms with Crippen molar-refractivity contribution < 1.29 is 52.8 Å². The standard InChI is InChI=1S/C12H17F11N/c1-4-24(5-2,6-3)7-8(13,14)9(15,16)10(17,18)11(19,20)12(21,22)23/h4-7H2,1-3H3/q+1. The Morgan fingerprint density at radius 2 is 0.875 bits per heavy atom. The van der Waals surface area contributed by atoms with Gasteiger partial charge in [-0.15, -0.1) is 0 Å². The van der Waals surface area contributed by atoms with Gasteiger partial charge in [-0.25, -0.2) is 0 Å². The van der Waals surface area contributed by atoms with E-state index in [1.54, 1.807) is 0 Å². The van der Waals surface area contributed by atoms with Crippen LogP contribution < -0.4 is 0 Å². The zero-order valence-corrected chi connectivity index (χ0v) is 12.9. The molecule has 0 N–H and O–H groups in total. The molecule has 146 valence electrons. The SMILES string of the molecule is CC[N+](CC)(CC)CC(F)(F)C(F)(F)C(F)(F)C(F)(F)C(F)(F)F. The van der Waals surface area contributed by atoms with Gasteiger partial charge in [-0.1, -0.05) is 0 Å². The van der Waals surface area contributed by atoms with E-state index in [2.05, 4.69) is 0 Å². The fourth-order valence-corrected chi connectivity index (χ4v) is 2.13. The Kier molecular flexibility index (Phi) is 6.27. The predicted molar refractivity (Wildman–Crippen MR) is 62.6 cm³/mol. The number of nitrogens with zero attached hydrogens (tertiary/aromatic N) is 1. The highest BCUT2D eigenvalue weighted by atomic mass is 19.4. The molecule has 0 aromatic heterocycles. The van der Waals surface area contributed by atoms with Gasteiger partial charge in [0.2, 0.25) is 0 Å². The molecule has 0 heterocycles. The second-order valence-electron chi connectivity index (χ2n) is 5.37. The van der Waals surface area contributed by atoms with Gasteiger partial charge >= 0.3 is 29.9 Å². The summed E-state index contributed by atoms with van der Waals surface area (Å²) >= 11 is 0. The van der Waals surface area contributed by atoms with Crippen LogP contribution in [0.5, 0.6) is 0 Å². The Morgan fingerprint density at radius 3 is 1.12 bits per heavy atom. The van der Waals surface area contributed by atoms with Crippen molar-refractivity contribution in [3.05, 3.63) is 0 Å². The molecule has 0 bridgehead atoms. The first-order valence-electron chi connectivity index (χ1n) is 6.82. The van der Waals surface area contributed by atoms with Gasteiger partial charge in [-0.05, 0) is 20.8 Å². The van der Waals surface area contributed by atoms with Gasteiger partial charge < -0.3 is 4.48 Å². The number of rotatable bonds is 8. The van der Waals surface area contributed by atoms with Gasteiger partial charge in [0, 0.05) is 0 Å². The third-order valence-corrected chi connectivity index (χ3v) is 4.15. The van der Waals surface area contributed by atoms with Crippen LogP contribution in [-0.2, 0) is 0 Å². The van der Waals surface area contributed by atoms with Crippen LogP contribution in [0.25, 0.3) is 0 Å². The predicted octanol–water partition coefficient (Wildman–Crippen LogP) is 4.97. The summed E-state index contributed by atoms with van der Waals surface area (Å²) in [7, 11) is 0. The topological polar surface area (TPSA) is 0 Å². The molecular formula is C12H17F11N+. The summed E-state index contributed by atoms with van der Waals surface area (Å²) in [5, 5.41) is 0. The molecule has 0 atom stereocenters. The smallest absolute Gasteiger partial charge is 0.319 e. The molecule has 0 aromatic rings. The van der Waals surface area contributed by atoms with E-state index in [0.29, 0.717) is 0 Å². The van der Waals surface area contributed by atoms with E-state index < -0.39 is 40.9 Å². The Balaban J connectivity index is 6.02. The maximum atomic E-state index is 13.7. The van der Waals surface area contributed by atoms with Crippen LogP contribution in [0.1, 0.15) is 20.8 Å². The summed E-state index contributed by atoms with van der Waals surface area (Å²) in [6.07, 6.45) is -7.12. The highest BCUT2D eigenvalue weighted by molar-refractivity contribution is 5.06. The molecule has 0 saturated carbocycles. The monoisotopic (exact) mass is 384 g/mol. The van der Waals surface area contributed by atoms with Gasteiger partial charge in [0.1, 0.15) is 6.54 Å². The Hall–Kier alpha value is -0.810. The second-order valence-corrected chi connectivity index (χ2v) is 5.37. The van der Waals surface area contributed by atoms with Crippen molar-refractivity contribution in [1.82, 2.24) is 0 Å². The first-order valence-corrected chi connectivity index (χ1v) is 6.82. The minimum atomic E-state index is -7.33. The average Bonchev–Trinajstić information content (AvgIpc) is 2.43. The molecule has 0 fully saturated rings. The van der Waals surface area contributed by atoms with Crippen molar-refractivity contribution in [2.45, 2.75) is 50.6 Å². The van der Waals surface area contributed by atoms with Crippen LogP contribution in [0.2, 0.25) is 0 Å². The van der Waals surface area contributed by atoms with E-state index in [-0.39, 0.29) is 19.6 Å². The average molecular weight is 384 g/mol. The second kappa shape index (κ2) is 6.49. The van der Waals surface area contributed by atoms with Crippen molar-refractivity contribution in [3.63, 3.8) is 0 Å². The molecule has 0 amide bonds. The van der Waals surface area contributed by atoms with Crippen LogP contribution >= 0.6 is 0 Å². The number of alkyl halides is 11. The lowest BCUT2D eigenvalue weighted by molar-refractivity contribution is -0.931. The van der Waals surface area contributed by atoms with Gasteiger partial charge in [-0.3, -0.25) is 0 Å². The quantitative estimate of drug-likeness (QED) is 0.410. The third-order valence-electron chi connectivity index (χ3n) is 4.15. The van der Waals surface area contributed by atoms with Crippen molar-refractivity contribution in [2.75, 3.05) is 26.2 Å². The molecule has 0 saturated heterocycles. The summed E-state index contributed by atoms with van der Waals surface area (Å²) < 4.78 is 141. The minimum absolute atomic E-state index is 0.236. The van der Waals surface area contributed by atoms with Gasteiger partial charge in [0.15, 0.2) is 0 Å². The fraction of sp³-hybridized carbons (Fsp3) is 1.00. The summed E-state index contributed by atoms with van der Waals surface area (Å²) in [5.74, 6) is -27.4. The maximum Gasteiger partial charge on any atom is 0.460 e. The van der Waals surface area contributed by atoms with E-state index in [1.807, 2.05) is 0 Å². The van der Waals surface area contributed by atoms with E-state index in [9.17, 15) is 48.3 Å². The summed E-state index contributed by atoms with van der Waals surface area (Å²) in [4.78, 5) is 0. The highest BCUT2D eigenvalue weighted by Gasteiger charge is 2.87. The first kappa shape index (κ1) is 23.2. The summed E-state index contributed by atoms with van der Waals surface area (Å²) in [6.45, 7) is 1.09. The number of quaternary nitrogens is 1. The highest BCUT2D eigenvalue weighted by Crippen LogP contribution is 2.57. The third kappa shape index (κ3) is 3.43.